The Labute approximate surface area is 135 Å². The van der Waals surface area contributed by atoms with Crippen LogP contribution in [0.4, 0.5) is 18.0 Å². The van der Waals surface area contributed by atoms with Crippen LogP contribution < -0.4 is 10.6 Å². The van der Waals surface area contributed by atoms with Gasteiger partial charge in [0.05, 0.1) is 6.54 Å². The second-order valence-corrected chi connectivity index (χ2v) is 7.20. The summed E-state index contributed by atoms with van der Waals surface area (Å²) in [6.07, 6.45) is -3.84. The highest BCUT2D eigenvalue weighted by Gasteiger charge is 2.34. The number of rotatable bonds is 6. The number of amides is 1. The molecule has 0 bridgehead atoms. The SMILES string of the molecule is CC(CNC(=O)OC(C)(C)C)NCC1CCN(CC(F)(F)F)C1. The summed E-state index contributed by atoms with van der Waals surface area (Å²) in [6, 6.07) is 0.0270. The smallest absolute Gasteiger partial charge is 0.407 e. The van der Waals surface area contributed by atoms with Crippen LogP contribution in [0.5, 0.6) is 0 Å². The van der Waals surface area contributed by atoms with E-state index in [9.17, 15) is 18.0 Å². The van der Waals surface area contributed by atoms with Crippen LogP contribution in [0.15, 0.2) is 0 Å². The number of nitrogens with one attached hydrogen (secondary N) is 2. The average Bonchev–Trinajstić information content (AvgIpc) is 2.77. The molecule has 2 N–H and O–H groups in total. The fourth-order valence-electron chi connectivity index (χ4n) is 2.47. The normalized spacial score (nSPS) is 21.3. The Hall–Kier alpha value is -1.02. The number of hydrogen-bond acceptors (Lipinski definition) is 4. The quantitative estimate of drug-likeness (QED) is 0.780. The molecule has 0 aromatic rings. The number of likely N-dealkylation sites (tertiary alicyclic amines) is 1. The lowest BCUT2D eigenvalue weighted by molar-refractivity contribution is -0.143. The van der Waals surface area contributed by atoms with Gasteiger partial charge in [0.2, 0.25) is 0 Å². The summed E-state index contributed by atoms with van der Waals surface area (Å²) in [5.74, 6) is 0.210. The predicted molar refractivity (Wildman–Crippen MR) is 82.3 cm³/mol. The molecule has 1 aliphatic heterocycles. The Balaban J connectivity index is 2.17. The van der Waals surface area contributed by atoms with Gasteiger partial charge in [-0.15, -0.1) is 0 Å². The second kappa shape index (κ2) is 8.19. The molecular weight excluding hydrogens is 311 g/mol. The first-order valence-electron chi connectivity index (χ1n) is 7.94. The Bertz CT molecular complexity index is 383. The second-order valence-electron chi connectivity index (χ2n) is 7.20. The van der Waals surface area contributed by atoms with Crippen molar-refractivity contribution in [2.75, 3.05) is 32.7 Å². The summed E-state index contributed by atoms with van der Waals surface area (Å²) < 4.78 is 42.1. The highest BCUT2D eigenvalue weighted by molar-refractivity contribution is 5.67. The summed E-state index contributed by atoms with van der Waals surface area (Å²) in [5, 5.41) is 5.92. The topological polar surface area (TPSA) is 53.6 Å². The summed E-state index contributed by atoms with van der Waals surface area (Å²) in [6.45, 7) is 8.46. The van der Waals surface area contributed by atoms with Gasteiger partial charge in [0.15, 0.2) is 0 Å². The van der Waals surface area contributed by atoms with Crippen molar-refractivity contribution in [1.29, 1.82) is 0 Å². The largest absolute Gasteiger partial charge is 0.444 e. The van der Waals surface area contributed by atoms with Crippen molar-refractivity contribution in [3.63, 3.8) is 0 Å². The minimum absolute atomic E-state index is 0.0270. The minimum atomic E-state index is -4.13. The number of ether oxygens (including phenoxy) is 1. The molecule has 2 unspecified atom stereocenters. The molecule has 1 saturated heterocycles. The fourth-order valence-corrected chi connectivity index (χ4v) is 2.47. The first-order valence-corrected chi connectivity index (χ1v) is 7.94. The molecule has 0 aliphatic carbocycles. The highest BCUT2D eigenvalue weighted by atomic mass is 19.4. The molecule has 0 saturated carbocycles. The molecule has 1 fully saturated rings. The molecular formula is C15H28F3N3O2. The standard InChI is InChI=1S/C15H28F3N3O2/c1-11(7-20-13(22)23-14(2,3)4)19-8-12-5-6-21(9-12)10-15(16,17)18/h11-12,19H,5-10H2,1-4H3,(H,20,22). The third kappa shape index (κ3) is 9.65. The zero-order valence-corrected chi connectivity index (χ0v) is 14.3. The zero-order chi connectivity index (χ0) is 17.7. The fraction of sp³-hybridized carbons (Fsp3) is 0.933. The van der Waals surface area contributed by atoms with Crippen molar-refractivity contribution in [1.82, 2.24) is 15.5 Å². The van der Waals surface area contributed by atoms with Crippen LogP contribution in [0.2, 0.25) is 0 Å². The number of nitrogens with zero attached hydrogens (tertiary/aromatic N) is 1. The van der Waals surface area contributed by atoms with Gasteiger partial charge in [-0.3, -0.25) is 4.90 Å². The lowest BCUT2D eigenvalue weighted by atomic mass is 10.1. The molecule has 2 atom stereocenters. The van der Waals surface area contributed by atoms with Gasteiger partial charge in [0, 0.05) is 19.1 Å². The predicted octanol–water partition coefficient (Wildman–Crippen LogP) is 2.37. The Morgan fingerprint density at radius 1 is 1.35 bits per heavy atom. The molecule has 0 aromatic carbocycles. The first-order chi connectivity index (χ1) is 10.4. The van der Waals surface area contributed by atoms with Crippen molar-refractivity contribution in [3.8, 4) is 0 Å². The molecule has 23 heavy (non-hydrogen) atoms. The van der Waals surface area contributed by atoms with Gasteiger partial charge in [-0.25, -0.2) is 4.79 Å². The number of carbonyl (C=O) groups excluding carboxylic acids is 1. The summed E-state index contributed by atoms with van der Waals surface area (Å²) >= 11 is 0. The van der Waals surface area contributed by atoms with E-state index in [2.05, 4.69) is 10.6 Å². The van der Waals surface area contributed by atoms with Crippen molar-refractivity contribution < 1.29 is 22.7 Å². The average molecular weight is 339 g/mol. The maximum atomic E-state index is 12.3. The van der Waals surface area contributed by atoms with Gasteiger partial charge in [-0.1, -0.05) is 0 Å². The van der Waals surface area contributed by atoms with E-state index in [1.54, 1.807) is 20.8 Å². The van der Waals surface area contributed by atoms with Gasteiger partial charge in [-0.2, -0.15) is 13.2 Å². The third-order valence-electron chi connectivity index (χ3n) is 3.48. The van der Waals surface area contributed by atoms with Crippen molar-refractivity contribution in [2.24, 2.45) is 5.92 Å². The van der Waals surface area contributed by atoms with E-state index in [0.29, 0.717) is 26.2 Å². The number of halogens is 3. The van der Waals surface area contributed by atoms with E-state index < -0.39 is 24.4 Å². The lowest BCUT2D eigenvalue weighted by Gasteiger charge is -2.22. The Kier molecular flexibility index (Phi) is 7.13. The molecule has 1 heterocycles. The van der Waals surface area contributed by atoms with Gasteiger partial charge < -0.3 is 15.4 Å². The van der Waals surface area contributed by atoms with E-state index in [0.717, 1.165) is 6.42 Å². The zero-order valence-electron chi connectivity index (χ0n) is 14.3. The van der Waals surface area contributed by atoms with Crippen molar-refractivity contribution >= 4 is 6.09 Å². The van der Waals surface area contributed by atoms with Crippen LogP contribution in [-0.4, -0.2) is 61.5 Å². The van der Waals surface area contributed by atoms with Gasteiger partial charge >= 0.3 is 12.3 Å². The molecule has 1 amide bonds. The number of carbonyl (C=O) groups is 1. The Morgan fingerprint density at radius 2 is 2.00 bits per heavy atom. The van der Waals surface area contributed by atoms with Crippen LogP contribution in [0.25, 0.3) is 0 Å². The molecule has 136 valence electrons. The van der Waals surface area contributed by atoms with Crippen LogP contribution in [0.1, 0.15) is 34.1 Å². The highest BCUT2D eigenvalue weighted by Crippen LogP contribution is 2.22. The summed E-state index contributed by atoms with van der Waals surface area (Å²) in [4.78, 5) is 13.0. The van der Waals surface area contributed by atoms with Crippen LogP contribution in [0, 0.1) is 5.92 Å². The summed E-state index contributed by atoms with van der Waals surface area (Å²) in [7, 11) is 0. The van der Waals surface area contributed by atoms with Crippen LogP contribution in [-0.2, 0) is 4.74 Å². The summed E-state index contributed by atoms with van der Waals surface area (Å²) in [5.41, 5.74) is -0.535. The number of alkyl halides is 3. The van der Waals surface area contributed by atoms with E-state index >= 15 is 0 Å². The van der Waals surface area contributed by atoms with Gasteiger partial charge in [0.25, 0.3) is 0 Å². The maximum Gasteiger partial charge on any atom is 0.407 e. The van der Waals surface area contributed by atoms with Crippen LogP contribution >= 0.6 is 0 Å². The molecule has 0 spiro atoms. The van der Waals surface area contributed by atoms with Crippen LogP contribution in [0.3, 0.4) is 0 Å². The minimum Gasteiger partial charge on any atom is -0.444 e. The van der Waals surface area contributed by atoms with Gasteiger partial charge in [-0.05, 0) is 53.1 Å². The third-order valence-corrected chi connectivity index (χ3v) is 3.48. The molecule has 1 aliphatic rings. The molecule has 0 radical (unpaired) electrons. The number of hydrogen-bond donors (Lipinski definition) is 2. The molecule has 5 nitrogen and oxygen atoms in total. The van der Waals surface area contributed by atoms with E-state index in [4.69, 9.17) is 4.74 Å². The van der Waals surface area contributed by atoms with Crippen molar-refractivity contribution in [3.05, 3.63) is 0 Å². The monoisotopic (exact) mass is 339 g/mol. The molecule has 8 heteroatoms. The Morgan fingerprint density at radius 3 is 2.57 bits per heavy atom. The molecule has 1 rings (SSSR count). The van der Waals surface area contributed by atoms with Crippen molar-refractivity contribution in [2.45, 2.75) is 51.9 Å². The molecule has 0 aromatic heterocycles. The van der Waals surface area contributed by atoms with E-state index in [1.165, 1.54) is 4.90 Å². The van der Waals surface area contributed by atoms with E-state index in [1.807, 2.05) is 6.92 Å². The lowest BCUT2D eigenvalue weighted by Crippen LogP contribution is -2.43. The number of alkyl carbamates (subject to hydrolysis) is 1. The maximum absolute atomic E-state index is 12.3. The van der Waals surface area contributed by atoms with Gasteiger partial charge in [0.1, 0.15) is 5.60 Å². The first kappa shape index (κ1) is 20.0. The van der Waals surface area contributed by atoms with E-state index in [-0.39, 0.29) is 12.0 Å².